The third-order valence-corrected chi connectivity index (χ3v) is 4.17. The van der Waals surface area contributed by atoms with Gasteiger partial charge in [0.25, 0.3) is 0 Å². The van der Waals surface area contributed by atoms with Gasteiger partial charge in [-0.3, -0.25) is 0 Å². The summed E-state index contributed by atoms with van der Waals surface area (Å²) in [5.74, 6) is 0.711. The minimum absolute atomic E-state index is 0.533. The molecule has 0 aliphatic carbocycles. The summed E-state index contributed by atoms with van der Waals surface area (Å²) in [5.41, 5.74) is 0. The number of nitrogens with one attached hydrogen (secondary N) is 1. The van der Waals surface area contributed by atoms with Gasteiger partial charge in [0.1, 0.15) is 0 Å². The molecule has 0 aliphatic rings. The average Bonchev–Trinajstić information content (AvgIpc) is 2.67. The van der Waals surface area contributed by atoms with Crippen molar-refractivity contribution in [3.8, 4) is 0 Å². The van der Waals surface area contributed by atoms with E-state index in [-0.39, 0.29) is 0 Å². The van der Waals surface area contributed by atoms with Gasteiger partial charge in [-0.05, 0) is 31.5 Å². The summed E-state index contributed by atoms with van der Waals surface area (Å²) in [6.07, 6.45) is 2.38. The molecule has 2 atom stereocenters. The standard InChI is InChI=1S/C12H21NS/c1-5-9(3)12(13-4)11-8-7-10(6-2)14-11/h7-9,12-13H,5-6H2,1-4H3. The second-order valence-corrected chi connectivity index (χ2v) is 5.01. The highest BCUT2D eigenvalue weighted by atomic mass is 32.1. The van der Waals surface area contributed by atoms with E-state index >= 15 is 0 Å². The van der Waals surface area contributed by atoms with Gasteiger partial charge < -0.3 is 5.32 Å². The van der Waals surface area contributed by atoms with Crippen molar-refractivity contribution in [3.05, 3.63) is 21.9 Å². The fraction of sp³-hybridized carbons (Fsp3) is 0.667. The van der Waals surface area contributed by atoms with Gasteiger partial charge in [0.15, 0.2) is 0 Å². The Morgan fingerprint density at radius 1 is 1.36 bits per heavy atom. The zero-order valence-corrected chi connectivity index (χ0v) is 10.4. The van der Waals surface area contributed by atoms with Crippen LogP contribution in [0.3, 0.4) is 0 Å². The number of aryl methyl sites for hydroxylation is 1. The fourth-order valence-corrected chi connectivity index (χ4v) is 2.89. The fourth-order valence-electron chi connectivity index (χ4n) is 1.69. The van der Waals surface area contributed by atoms with E-state index in [0.717, 1.165) is 6.42 Å². The SMILES string of the molecule is CCc1ccc(C(NC)C(C)CC)s1. The van der Waals surface area contributed by atoms with Crippen LogP contribution < -0.4 is 5.32 Å². The molecule has 1 aromatic heterocycles. The van der Waals surface area contributed by atoms with Crippen LogP contribution in [-0.2, 0) is 6.42 Å². The molecule has 2 heteroatoms. The van der Waals surface area contributed by atoms with E-state index in [1.807, 2.05) is 11.3 Å². The third-order valence-electron chi connectivity index (χ3n) is 2.86. The summed E-state index contributed by atoms with van der Waals surface area (Å²) in [6.45, 7) is 6.78. The number of thiophene rings is 1. The van der Waals surface area contributed by atoms with Gasteiger partial charge in [-0.1, -0.05) is 27.2 Å². The highest BCUT2D eigenvalue weighted by Gasteiger charge is 2.17. The molecule has 80 valence electrons. The Morgan fingerprint density at radius 3 is 2.50 bits per heavy atom. The van der Waals surface area contributed by atoms with Gasteiger partial charge in [-0.2, -0.15) is 0 Å². The van der Waals surface area contributed by atoms with Crippen LogP contribution in [0.1, 0.15) is 43.0 Å². The van der Waals surface area contributed by atoms with Crippen LogP contribution in [-0.4, -0.2) is 7.05 Å². The van der Waals surface area contributed by atoms with Crippen molar-refractivity contribution < 1.29 is 0 Å². The Bertz CT molecular complexity index is 267. The largest absolute Gasteiger partial charge is 0.312 e. The lowest BCUT2D eigenvalue weighted by atomic mass is 9.98. The molecular weight excluding hydrogens is 190 g/mol. The van der Waals surface area contributed by atoms with Crippen LogP contribution in [0.2, 0.25) is 0 Å². The van der Waals surface area contributed by atoms with Crippen molar-refractivity contribution in [3.63, 3.8) is 0 Å². The summed E-state index contributed by atoms with van der Waals surface area (Å²) in [4.78, 5) is 2.97. The molecule has 1 heterocycles. The highest BCUT2D eigenvalue weighted by Crippen LogP contribution is 2.29. The van der Waals surface area contributed by atoms with E-state index in [1.54, 1.807) is 0 Å². The maximum Gasteiger partial charge on any atom is 0.0438 e. The Labute approximate surface area is 91.5 Å². The molecule has 0 aliphatic heterocycles. The zero-order chi connectivity index (χ0) is 10.6. The van der Waals surface area contributed by atoms with Crippen molar-refractivity contribution in [2.24, 2.45) is 5.92 Å². The maximum atomic E-state index is 3.42. The normalized spacial score (nSPS) is 15.4. The van der Waals surface area contributed by atoms with Crippen molar-refractivity contribution in [1.29, 1.82) is 0 Å². The molecule has 0 amide bonds. The lowest BCUT2D eigenvalue weighted by Gasteiger charge is -2.20. The first-order valence-electron chi connectivity index (χ1n) is 5.48. The van der Waals surface area contributed by atoms with Crippen LogP contribution in [0.4, 0.5) is 0 Å². The Balaban J connectivity index is 2.78. The molecule has 2 unspecified atom stereocenters. The first kappa shape index (κ1) is 11.7. The van der Waals surface area contributed by atoms with E-state index in [0.29, 0.717) is 12.0 Å². The molecule has 1 rings (SSSR count). The summed E-state index contributed by atoms with van der Waals surface area (Å²) in [7, 11) is 2.06. The van der Waals surface area contributed by atoms with Crippen molar-refractivity contribution in [1.82, 2.24) is 5.32 Å². The van der Waals surface area contributed by atoms with E-state index < -0.39 is 0 Å². The van der Waals surface area contributed by atoms with Crippen LogP contribution in [0.25, 0.3) is 0 Å². The van der Waals surface area contributed by atoms with Gasteiger partial charge >= 0.3 is 0 Å². The average molecular weight is 211 g/mol. The Hall–Kier alpha value is -0.340. The predicted octanol–water partition coefficient (Wildman–Crippen LogP) is 3.62. The topological polar surface area (TPSA) is 12.0 Å². The van der Waals surface area contributed by atoms with E-state index in [4.69, 9.17) is 0 Å². The summed E-state index contributed by atoms with van der Waals surface area (Å²) in [5, 5.41) is 3.42. The minimum atomic E-state index is 0.533. The molecule has 1 nitrogen and oxygen atoms in total. The first-order valence-corrected chi connectivity index (χ1v) is 6.30. The number of hydrogen-bond donors (Lipinski definition) is 1. The molecular formula is C12H21NS. The number of hydrogen-bond acceptors (Lipinski definition) is 2. The van der Waals surface area contributed by atoms with E-state index in [9.17, 15) is 0 Å². The summed E-state index contributed by atoms with van der Waals surface area (Å²) in [6, 6.07) is 5.06. The molecule has 0 aromatic carbocycles. The maximum absolute atomic E-state index is 3.42. The monoisotopic (exact) mass is 211 g/mol. The van der Waals surface area contributed by atoms with Gasteiger partial charge in [-0.15, -0.1) is 11.3 Å². The minimum Gasteiger partial charge on any atom is -0.312 e. The zero-order valence-electron chi connectivity index (χ0n) is 9.63. The van der Waals surface area contributed by atoms with Gasteiger partial charge in [0.2, 0.25) is 0 Å². The smallest absolute Gasteiger partial charge is 0.0438 e. The first-order chi connectivity index (χ1) is 6.72. The molecule has 0 fully saturated rings. The van der Waals surface area contributed by atoms with Crippen molar-refractivity contribution in [2.45, 2.75) is 39.7 Å². The van der Waals surface area contributed by atoms with Gasteiger partial charge in [-0.25, -0.2) is 0 Å². The molecule has 14 heavy (non-hydrogen) atoms. The summed E-state index contributed by atoms with van der Waals surface area (Å²) >= 11 is 1.95. The Morgan fingerprint density at radius 2 is 2.07 bits per heavy atom. The van der Waals surface area contributed by atoms with Gasteiger partial charge in [0.05, 0.1) is 0 Å². The second kappa shape index (κ2) is 5.52. The van der Waals surface area contributed by atoms with Crippen LogP contribution in [0, 0.1) is 5.92 Å². The van der Waals surface area contributed by atoms with Crippen LogP contribution in [0.15, 0.2) is 12.1 Å². The molecule has 1 aromatic rings. The van der Waals surface area contributed by atoms with Crippen molar-refractivity contribution in [2.75, 3.05) is 7.05 Å². The van der Waals surface area contributed by atoms with Gasteiger partial charge in [0, 0.05) is 15.8 Å². The second-order valence-electron chi connectivity index (χ2n) is 3.81. The quantitative estimate of drug-likeness (QED) is 0.784. The van der Waals surface area contributed by atoms with Crippen molar-refractivity contribution >= 4 is 11.3 Å². The van der Waals surface area contributed by atoms with E-state index in [2.05, 4.69) is 45.3 Å². The lowest BCUT2D eigenvalue weighted by Crippen LogP contribution is -2.21. The molecule has 0 saturated heterocycles. The molecule has 0 bridgehead atoms. The number of rotatable bonds is 5. The molecule has 0 radical (unpaired) electrons. The Kier molecular flexibility index (Phi) is 4.63. The van der Waals surface area contributed by atoms with E-state index in [1.165, 1.54) is 16.2 Å². The molecule has 0 spiro atoms. The van der Waals surface area contributed by atoms with Crippen LogP contribution in [0.5, 0.6) is 0 Å². The lowest BCUT2D eigenvalue weighted by molar-refractivity contribution is 0.406. The highest BCUT2D eigenvalue weighted by molar-refractivity contribution is 7.12. The molecule has 1 N–H and O–H groups in total. The third kappa shape index (κ3) is 2.58. The molecule has 0 saturated carbocycles. The summed E-state index contributed by atoms with van der Waals surface area (Å²) < 4.78 is 0. The predicted molar refractivity (Wildman–Crippen MR) is 65.0 cm³/mol. The van der Waals surface area contributed by atoms with Crippen LogP contribution >= 0.6 is 11.3 Å².